The first kappa shape index (κ1) is 15.0. The van der Waals surface area contributed by atoms with Gasteiger partial charge in [0, 0.05) is 17.7 Å². The topological polar surface area (TPSA) is 67.2 Å². The number of aromatic nitrogens is 2. The van der Waals surface area contributed by atoms with Gasteiger partial charge in [0.2, 0.25) is 0 Å². The quantitative estimate of drug-likeness (QED) is 0.802. The van der Waals surface area contributed by atoms with Crippen LogP contribution < -0.4 is 5.32 Å². The van der Waals surface area contributed by atoms with Gasteiger partial charge in [0.1, 0.15) is 5.69 Å². The zero-order valence-corrected chi connectivity index (χ0v) is 12.6. The van der Waals surface area contributed by atoms with Gasteiger partial charge in [-0.15, -0.1) is 0 Å². The van der Waals surface area contributed by atoms with Crippen LogP contribution in [0.3, 0.4) is 0 Å². The summed E-state index contributed by atoms with van der Waals surface area (Å²) in [4.78, 5) is 12.1. The van der Waals surface area contributed by atoms with Gasteiger partial charge in [0.05, 0.1) is 12.6 Å². The van der Waals surface area contributed by atoms with Gasteiger partial charge in [0.15, 0.2) is 0 Å². The van der Waals surface area contributed by atoms with Crippen LogP contribution in [0.1, 0.15) is 61.8 Å². The van der Waals surface area contributed by atoms with Crippen LogP contribution in [0.4, 0.5) is 0 Å². The lowest BCUT2D eigenvalue weighted by atomic mass is 10.1. The molecular weight excluding hydrogens is 254 g/mol. The Hall–Kier alpha value is -1.36. The summed E-state index contributed by atoms with van der Waals surface area (Å²) in [6.07, 6.45) is 4.00. The van der Waals surface area contributed by atoms with Crippen LogP contribution in [-0.4, -0.2) is 33.9 Å². The third-order valence-corrected chi connectivity index (χ3v) is 4.36. The Morgan fingerprint density at radius 1 is 1.50 bits per heavy atom. The van der Waals surface area contributed by atoms with E-state index in [2.05, 4.69) is 24.3 Å². The highest BCUT2D eigenvalue weighted by Crippen LogP contribution is 2.44. The highest BCUT2D eigenvalue weighted by molar-refractivity contribution is 5.92. The van der Waals surface area contributed by atoms with Gasteiger partial charge in [-0.25, -0.2) is 0 Å². The first-order chi connectivity index (χ1) is 9.55. The molecule has 2 rings (SSSR count). The van der Waals surface area contributed by atoms with Crippen molar-refractivity contribution in [2.24, 2.45) is 5.41 Å². The summed E-state index contributed by atoms with van der Waals surface area (Å²) in [5.74, 6) is -0.141. The van der Waals surface area contributed by atoms with E-state index in [1.807, 2.05) is 17.7 Å². The van der Waals surface area contributed by atoms with Gasteiger partial charge in [-0.05, 0) is 38.7 Å². The van der Waals surface area contributed by atoms with Gasteiger partial charge in [-0.1, -0.05) is 13.8 Å². The van der Waals surface area contributed by atoms with Crippen molar-refractivity contribution in [2.45, 2.75) is 52.5 Å². The van der Waals surface area contributed by atoms with E-state index in [9.17, 15) is 9.90 Å². The SMILES string of the molecule is CCC(CC)n1nc(C(=O)NCC2(CO)CC2)cc1C. The molecule has 1 fully saturated rings. The van der Waals surface area contributed by atoms with Crippen LogP contribution in [0, 0.1) is 12.3 Å². The van der Waals surface area contributed by atoms with Crippen molar-refractivity contribution in [2.75, 3.05) is 13.2 Å². The second-order valence-corrected chi connectivity index (χ2v) is 5.93. The van der Waals surface area contributed by atoms with Gasteiger partial charge in [-0.2, -0.15) is 5.10 Å². The molecule has 0 radical (unpaired) electrons. The first-order valence-electron chi connectivity index (χ1n) is 7.50. The van der Waals surface area contributed by atoms with Crippen LogP contribution in [-0.2, 0) is 0 Å². The highest BCUT2D eigenvalue weighted by atomic mass is 16.3. The first-order valence-corrected chi connectivity index (χ1v) is 7.50. The molecule has 1 saturated carbocycles. The van der Waals surface area contributed by atoms with Gasteiger partial charge in [0.25, 0.3) is 5.91 Å². The molecule has 0 aromatic carbocycles. The van der Waals surface area contributed by atoms with E-state index < -0.39 is 0 Å². The predicted octanol–water partition coefficient (Wildman–Crippen LogP) is 2.05. The standard InChI is InChI=1S/C15H25N3O2/c1-4-12(5-2)18-11(3)8-13(17-18)14(20)16-9-15(10-19)6-7-15/h8,12,19H,4-7,9-10H2,1-3H3,(H,16,20). The normalized spacial score (nSPS) is 16.4. The molecule has 0 spiro atoms. The minimum Gasteiger partial charge on any atom is -0.396 e. The van der Waals surface area contributed by atoms with Gasteiger partial charge in [-0.3, -0.25) is 9.48 Å². The van der Waals surface area contributed by atoms with Gasteiger partial charge < -0.3 is 10.4 Å². The van der Waals surface area contributed by atoms with Crippen LogP contribution in [0.2, 0.25) is 0 Å². The highest BCUT2D eigenvalue weighted by Gasteiger charge is 2.42. The Morgan fingerprint density at radius 2 is 2.15 bits per heavy atom. The summed E-state index contributed by atoms with van der Waals surface area (Å²) in [7, 11) is 0. The number of nitrogens with one attached hydrogen (secondary N) is 1. The Kier molecular flexibility index (Phi) is 4.48. The largest absolute Gasteiger partial charge is 0.396 e. The second kappa shape index (κ2) is 5.95. The van der Waals surface area contributed by atoms with E-state index in [-0.39, 0.29) is 17.9 Å². The maximum Gasteiger partial charge on any atom is 0.271 e. The number of hydrogen-bond donors (Lipinski definition) is 2. The van der Waals surface area contributed by atoms with Crippen molar-refractivity contribution in [1.82, 2.24) is 15.1 Å². The van der Waals surface area contributed by atoms with Crippen molar-refractivity contribution in [3.05, 3.63) is 17.5 Å². The lowest BCUT2D eigenvalue weighted by Gasteiger charge is -2.15. The lowest BCUT2D eigenvalue weighted by Crippen LogP contribution is -2.32. The molecule has 1 heterocycles. The third kappa shape index (κ3) is 3.03. The number of hydrogen-bond acceptors (Lipinski definition) is 3. The molecule has 0 atom stereocenters. The smallest absolute Gasteiger partial charge is 0.271 e. The number of aryl methyl sites for hydroxylation is 1. The minimum absolute atomic E-state index is 0.0668. The van der Waals surface area contributed by atoms with Crippen molar-refractivity contribution >= 4 is 5.91 Å². The number of amides is 1. The summed E-state index contributed by atoms with van der Waals surface area (Å²) in [5.41, 5.74) is 1.43. The molecule has 1 aliphatic carbocycles. The van der Waals surface area contributed by atoms with Crippen LogP contribution >= 0.6 is 0 Å². The summed E-state index contributed by atoms with van der Waals surface area (Å²) in [6, 6.07) is 2.19. The molecule has 0 bridgehead atoms. The van der Waals surface area contributed by atoms with Crippen LogP contribution in [0.25, 0.3) is 0 Å². The second-order valence-electron chi connectivity index (χ2n) is 5.93. The van der Waals surface area contributed by atoms with Crippen molar-refractivity contribution in [3.8, 4) is 0 Å². The molecule has 5 nitrogen and oxygen atoms in total. The third-order valence-electron chi connectivity index (χ3n) is 4.36. The molecule has 112 valence electrons. The maximum absolute atomic E-state index is 12.1. The zero-order chi connectivity index (χ0) is 14.8. The number of carbonyl (C=O) groups is 1. The maximum atomic E-state index is 12.1. The average Bonchev–Trinajstić information content (AvgIpc) is 3.15. The molecule has 0 unspecified atom stereocenters. The fourth-order valence-electron chi connectivity index (χ4n) is 2.53. The Labute approximate surface area is 120 Å². The van der Waals surface area contributed by atoms with E-state index in [1.165, 1.54) is 0 Å². The summed E-state index contributed by atoms with van der Waals surface area (Å²) >= 11 is 0. The fourth-order valence-corrected chi connectivity index (χ4v) is 2.53. The Morgan fingerprint density at radius 3 is 2.65 bits per heavy atom. The predicted molar refractivity (Wildman–Crippen MR) is 77.7 cm³/mol. The van der Waals surface area contributed by atoms with E-state index in [0.29, 0.717) is 18.3 Å². The van der Waals surface area contributed by atoms with Gasteiger partial charge >= 0.3 is 0 Å². The van der Waals surface area contributed by atoms with Crippen molar-refractivity contribution in [1.29, 1.82) is 0 Å². The van der Waals surface area contributed by atoms with Crippen molar-refractivity contribution < 1.29 is 9.90 Å². The molecular formula is C15H25N3O2. The summed E-state index contributed by atoms with van der Waals surface area (Å²) < 4.78 is 1.95. The molecule has 0 aliphatic heterocycles. The van der Waals surface area contributed by atoms with Crippen molar-refractivity contribution in [3.63, 3.8) is 0 Å². The average molecular weight is 279 g/mol. The minimum atomic E-state index is -0.141. The number of nitrogens with zero attached hydrogens (tertiary/aromatic N) is 2. The summed E-state index contributed by atoms with van der Waals surface area (Å²) in [6.45, 7) is 6.94. The molecule has 0 saturated heterocycles. The molecule has 20 heavy (non-hydrogen) atoms. The summed E-state index contributed by atoms with van der Waals surface area (Å²) in [5, 5.41) is 16.6. The molecule has 1 aromatic rings. The molecule has 1 aromatic heterocycles. The molecule has 1 aliphatic rings. The lowest BCUT2D eigenvalue weighted by molar-refractivity contribution is 0.0929. The Bertz CT molecular complexity index is 473. The number of carbonyl (C=O) groups excluding carboxylic acids is 1. The molecule has 2 N–H and O–H groups in total. The zero-order valence-electron chi connectivity index (χ0n) is 12.6. The monoisotopic (exact) mass is 279 g/mol. The van der Waals surface area contributed by atoms with E-state index in [0.717, 1.165) is 31.4 Å². The number of rotatable bonds is 7. The number of aliphatic hydroxyl groups excluding tert-OH is 1. The molecule has 1 amide bonds. The fraction of sp³-hybridized carbons (Fsp3) is 0.733. The van der Waals surface area contributed by atoms with Crippen LogP contribution in [0.15, 0.2) is 6.07 Å². The van der Waals surface area contributed by atoms with E-state index in [4.69, 9.17) is 0 Å². The molecule has 5 heteroatoms. The van der Waals surface area contributed by atoms with Crippen LogP contribution in [0.5, 0.6) is 0 Å². The Balaban J connectivity index is 2.01. The number of aliphatic hydroxyl groups is 1. The van der Waals surface area contributed by atoms with E-state index in [1.54, 1.807) is 0 Å². The van der Waals surface area contributed by atoms with E-state index >= 15 is 0 Å².